The lowest BCUT2D eigenvalue weighted by atomic mass is 10.3. The van der Waals surface area contributed by atoms with E-state index in [2.05, 4.69) is 10.4 Å². The molecule has 2 aromatic rings. The molecule has 128 valence electrons. The van der Waals surface area contributed by atoms with Crippen LogP contribution in [0.5, 0.6) is 5.75 Å². The van der Waals surface area contributed by atoms with Crippen LogP contribution in [0, 0.1) is 0 Å². The lowest BCUT2D eigenvalue weighted by Crippen LogP contribution is -2.31. The Bertz CT molecular complexity index is 700. The number of carbonyl (C=O) groups excluding carboxylic acids is 1. The van der Waals surface area contributed by atoms with E-state index in [1.54, 1.807) is 6.92 Å². The molecule has 0 spiro atoms. The van der Waals surface area contributed by atoms with Crippen LogP contribution in [0.25, 0.3) is 0 Å². The molecule has 0 fully saturated rings. The fourth-order valence-electron chi connectivity index (χ4n) is 1.99. The third-order valence-corrected chi connectivity index (χ3v) is 3.14. The topological polar surface area (TPSA) is 82.5 Å². The molecule has 1 aromatic heterocycles. The van der Waals surface area contributed by atoms with Crippen LogP contribution in [-0.4, -0.2) is 42.1 Å². The maximum atomic E-state index is 11.8. The lowest BCUT2D eigenvalue weighted by molar-refractivity contribution is 0.0516. The number of carbonyl (C=O) groups is 1. The molecular weight excluding hydrogens is 310 g/mol. The molecule has 1 heterocycles. The second-order valence-electron chi connectivity index (χ2n) is 4.91. The van der Waals surface area contributed by atoms with Crippen LogP contribution >= 0.6 is 0 Å². The Labute approximate surface area is 140 Å². The van der Waals surface area contributed by atoms with Crippen molar-refractivity contribution in [1.82, 2.24) is 15.1 Å². The van der Waals surface area contributed by atoms with Gasteiger partial charge in [0.15, 0.2) is 5.69 Å². The molecule has 0 aliphatic carbocycles. The highest BCUT2D eigenvalue weighted by molar-refractivity contribution is 5.86. The minimum atomic E-state index is -0.532. The summed E-state index contributed by atoms with van der Waals surface area (Å²) in [4.78, 5) is 23.4. The molecule has 24 heavy (non-hydrogen) atoms. The van der Waals surface area contributed by atoms with Crippen molar-refractivity contribution >= 4 is 5.97 Å². The van der Waals surface area contributed by atoms with Crippen LogP contribution in [0.4, 0.5) is 0 Å². The summed E-state index contributed by atoms with van der Waals surface area (Å²) in [6.45, 7) is 4.04. The summed E-state index contributed by atoms with van der Waals surface area (Å²) in [6.07, 6.45) is 0. The van der Waals surface area contributed by atoms with Crippen LogP contribution in [-0.2, 0) is 11.3 Å². The van der Waals surface area contributed by atoms with Crippen molar-refractivity contribution in [3.63, 3.8) is 0 Å². The van der Waals surface area contributed by atoms with Crippen molar-refractivity contribution in [2.24, 2.45) is 0 Å². The molecule has 7 heteroatoms. The molecule has 0 atom stereocenters. The number of rotatable bonds is 9. The number of nitrogens with zero attached hydrogens (tertiary/aromatic N) is 2. The number of nitrogens with one attached hydrogen (secondary N) is 1. The number of ether oxygens (including phenoxy) is 2. The van der Waals surface area contributed by atoms with E-state index in [0.717, 1.165) is 5.75 Å². The fourth-order valence-corrected chi connectivity index (χ4v) is 1.99. The average molecular weight is 331 g/mol. The highest BCUT2D eigenvalue weighted by Gasteiger charge is 2.10. The Kier molecular flexibility index (Phi) is 6.97. The predicted molar refractivity (Wildman–Crippen MR) is 89.3 cm³/mol. The average Bonchev–Trinajstić information content (AvgIpc) is 2.60. The molecule has 0 aliphatic heterocycles. The molecule has 1 N–H and O–H groups in total. The monoisotopic (exact) mass is 331 g/mol. The van der Waals surface area contributed by atoms with Gasteiger partial charge in [-0.15, -0.1) is 0 Å². The van der Waals surface area contributed by atoms with E-state index < -0.39 is 5.97 Å². The third kappa shape index (κ3) is 5.51. The predicted octanol–water partition coefficient (Wildman–Crippen LogP) is 1.09. The molecule has 1 aromatic carbocycles. The summed E-state index contributed by atoms with van der Waals surface area (Å²) in [7, 11) is 0. The van der Waals surface area contributed by atoms with Crippen LogP contribution in [0.15, 0.2) is 47.3 Å². The van der Waals surface area contributed by atoms with Crippen molar-refractivity contribution in [3.8, 4) is 5.75 Å². The number of para-hydroxylation sites is 1. The van der Waals surface area contributed by atoms with E-state index >= 15 is 0 Å². The maximum absolute atomic E-state index is 11.8. The van der Waals surface area contributed by atoms with Gasteiger partial charge in [-0.05, 0) is 25.1 Å². The molecule has 0 unspecified atom stereocenters. The van der Waals surface area contributed by atoms with E-state index in [0.29, 0.717) is 26.2 Å². The van der Waals surface area contributed by atoms with Gasteiger partial charge in [-0.1, -0.05) is 18.2 Å². The minimum absolute atomic E-state index is 0.129. The molecular formula is C17H21N3O4. The fraction of sp³-hybridized carbons (Fsp3) is 0.353. The number of benzene rings is 1. The summed E-state index contributed by atoms with van der Waals surface area (Å²) in [5.74, 6) is 0.287. The molecule has 0 radical (unpaired) electrons. The largest absolute Gasteiger partial charge is 0.492 e. The zero-order valence-corrected chi connectivity index (χ0v) is 13.6. The van der Waals surface area contributed by atoms with Crippen LogP contribution in [0.2, 0.25) is 0 Å². The molecule has 0 aliphatic rings. The molecule has 0 amide bonds. The smallest absolute Gasteiger partial charge is 0.358 e. The van der Waals surface area contributed by atoms with Gasteiger partial charge >= 0.3 is 5.97 Å². The minimum Gasteiger partial charge on any atom is -0.492 e. The lowest BCUT2D eigenvalue weighted by Gasteiger charge is -2.09. The van der Waals surface area contributed by atoms with Gasteiger partial charge in [0.05, 0.1) is 13.2 Å². The molecule has 0 bridgehead atoms. The summed E-state index contributed by atoms with van der Waals surface area (Å²) in [6, 6.07) is 12.2. The Morgan fingerprint density at radius 3 is 2.71 bits per heavy atom. The van der Waals surface area contributed by atoms with Crippen molar-refractivity contribution in [2.75, 3.05) is 26.3 Å². The van der Waals surface area contributed by atoms with Gasteiger partial charge in [-0.3, -0.25) is 4.79 Å². The van der Waals surface area contributed by atoms with Gasteiger partial charge in [-0.2, -0.15) is 5.10 Å². The number of aromatic nitrogens is 2. The van der Waals surface area contributed by atoms with Crippen molar-refractivity contribution in [2.45, 2.75) is 13.5 Å². The summed E-state index contributed by atoms with van der Waals surface area (Å²) < 4.78 is 11.7. The van der Waals surface area contributed by atoms with Crippen LogP contribution < -0.4 is 15.6 Å². The normalized spacial score (nSPS) is 10.4. The quantitative estimate of drug-likeness (QED) is 0.547. The molecule has 0 saturated heterocycles. The maximum Gasteiger partial charge on any atom is 0.358 e. The van der Waals surface area contributed by atoms with Crippen LogP contribution in [0.1, 0.15) is 17.4 Å². The zero-order chi connectivity index (χ0) is 17.2. The van der Waals surface area contributed by atoms with E-state index in [-0.39, 0.29) is 17.9 Å². The Morgan fingerprint density at radius 2 is 1.96 bits per heavy atom. The first kappa shape index (κ1) is 17.7. The van der Waals surface area contributed by atoms with E-state index in [9.17, 15) is 9.59 Å². The van der Waals surface area contributed by atoms with Crippen LogP contribution in [0.3, 0.4) is 0 Å². The Hall–Kier alpha value is -2.67. The van der Waals surface area contributed by atoms with Gasteiger partial charge < -0.3 is 14.8 Å². The number of hydrogen-bond donors (Lipinski definition) is 1. The van der Waals surface area contributed by atoms with Gasteiger partial charge in [0, 0.05) is 19.2 Å². The first-order chi connectivity index (χ1) is 11.7. The van der Waals surface area contributed by atoms with E-state index in [1.807, 2.05) is 30.3 Å². The summed E-state index contributed by atoms with van der Waals surface area (Å²) >= 11 is 0. The van der Waals surface area contributed by atoms with Crippen molar-refractivity contribution < 1.29 is 14.3 Å². The van der Waals surface area contributed by atoms with E-state index in [4.69, 9.17) is 9.47 Å². The molecule has 0 saturated carbocycles. The van der Waals surface area contributed by atoms with Gasteiger partial charge in [0.2, 0.25) is 0 Å². The first-order valence-corrected chi connectivity index (χ1v) is 7.84. The second kappa shape index (κ2) is 9.46. The highest BCUT2D eigenvalue weighted by Crippen LogP contribution is 2.07. The first-order valence-electron chi connectivity index (χ1n) is 7.84. The third-order valence-electron chi connectivity index (χ3n) is 3.14. The number of hydrogen-bond acceptors (Lipinski definition) is 6. The van der Waals surface area contributed by atoms with Crippen molar-refractivity contribution in [3.05, 3.63) is 58.5 Å². The standard InChI is InChI=1S/C17H21N3O4/c1-2-23-17(22)15-8-9-16(21)20(19-15)12-10-18-11-13-24-14-6-4-3-5-7-14/h3-9,18H,2,10-13H2,1H3. The summed E-state index contributed by atoms with van der Waals surface area (Å²) in [5.41, 5.74) is -0.130. The highest BCUT2D eigenvalue weighted by atomic mass is 16.5. The summed E-state index contributed by atoms with van der Waals surface area (Å²) in [5, 5.41) is 7.18. The molecule has 2 rings (SSSR count). The van der Waals surface area contributed by atoms with Gasteiger partial charge in [-0.25, -0.2) is 9.48 Å². The van der Waals surface area contributed by atoms with Gasteiger partial charge in [0.1, 0.15) is 12.4 Å². The van der Waals surface area contributed by atoms with Gasteiger partial charge in [0.25, 0.3) is 5.56 Å². The zero-order valence-electron chi connectivity index (χ0n) is 13.6. The number of esters is 1. The molecule has 7 nitrogen and oxygen atoms in total. The SMILES string of the molecule is CCOC(=O)c1ccc(=O)n(CCNCCOc2ccccc2)n1. The van der Waals surface area contributed by atoms with E-state index in [1.165, 1.54) is 16.8 Å². The Morgan fingerprint density at radius 1 is 1.17 bits per heavy atom. The Balaban J connectivity index is 1.74. The van der Waals surface area contributed by atoms with Crippen molar-refractivity contribution in [1.29, 1.82) is 0 Å². The second-order valence-corrected chi connectivity index (χ2v) is 4.91.